The second kappa shape index (κ2) is 8.01. The highest BCUT2D eigenvalue weighted by Gasteiger charge is 2.09. The van der Waals surface area contributed by atoms with E-state index in [1.54, 1.807) is 19.4 Å². The Morgan fingerprint density at radius 3 is 2.62 bits per heavy atom. The number of aryl methyl sites for hydroxylation is 2. The van der Waals surface area contributed by atoms with Crippen LogP contribution in [0.1, 0.15) is 16.7 Å². The Morgan fingerprint density at radius 1 is 1.12 bits per heavy atom. The standard InChI is InChI=1S/C19H20ClN5O/c1-12-4-6-14(7-5-12)10-21-19-24-18(11-22-25-19)23-16-8-13(2)15(20)9-17(16)26-3/h4-9,11H,10H2,1-3H3,(H2,21,23,24,25). The largest absolute Gasteiger partial charge is 0.495 e. The van der Waals surface area contributed by atoms with Gasteiger partial charge in [-0.1, -0.05) is 41.4 Å². The highest BCUT2D eigenvalue weighted by atomic mass is 35.5. The zero-order valence-corrected chi connectivity index (χ0v) is 15.6. The summed E-state index contributed by atoms with van der Waals surface area (Å²) in [5.74, 6) is 1.64. The zero-order valence-electron chi connectivity index (χ0n) is 14.9. The van der Waals surface area contributed by atoms with Crippen LogP contribution in [0.3, 0.4) is 0 Å². The van der Waals surface area contributed by atoms with E-state index in [0.717, 1.165) is 16.8 Å². The SMILES string of the molecule is COc1cc(Cl)c(C)cc1Nc1cnnc(NCc2ccc(C)cc2)n1. The molecule has 3 rings (SSSR count). The molecule has 6 nitrogen and oxygen atoms in total. The first kappa shape index (κ1) is 17.9. The molecule has 0 amide bonds. The van der Waals surface area contributed by atoms with E-state index in [4.69, 9.17) is 16.3 Å². The number of methoxy groups -OCH3 is 1. The lowest BCUT2D eigenvalue weighted by molar-refractivity contribution is 0.416. The van der Waals surface area contributed by atoms with Crippen molar-refractivity contribution < 1.29 is 4.74 Å². The maximum absolute atomic E-state index is 6.15. The summed E-state index contributed by atoms with van der Waals surface area (Å²) in [6.07, 6.45) is 1.56. The number of hydrogen-bond acceptors (Lipinski definition) is 6. The van der Waals surface area contributed by atoms with Crippen LogP contribution in [0.5, 0.6) is 5.75 Å². The Labute approximate surface area is 157 Å². The highest BCUT2D eigenvalue weighted by molar-refractivity contribution is 6.31. The quantitative estimate of drug-likeness (QED) is 0.666. The van der Waals surface area contributed by atoms with Gasteiger partial charge in [0, 0.05) is 17.6 Å². The Balaban J connectivity index is 1.73. The van der Waals surface area contributed by atoms with Crippen LogP contribution in [-0.4, -0.2) is 22.3 Å². The van der Waals surface area contributed by atoms with Gasteiger partial charge in [0.15, 0.2) is 5.82 Å². The van der Waals surface area contributed by atoms with Gasteiger partial charge in [-0.25, -0.2) is 0 Å². The van der Waals surface area contributed by atoms with Crippen molar-refractivity contribution >= 4 is 29.1 Å². The third-order valence-electron chi connectivity index (χ3n) is 3.87. The molecule has 0 aliphatic carbocycles. The van der Waals surface area contributed by atoms with Crippen molar-refractivity contribution in [1.82, 2.24) is 15.2 Å². The maximum atomic E-state index is 6.15. The molecule has 0 saturated carbocycles. The van der Waals surface area contributed by atoms with E-state index in [2.05, 4.69) is 57.0 Å². The Morgan fingerprint density at radius 2 is 1.88 bits per heavy atom. The summed E-state index contributed by atoms with van der Waals surface area (Å²) >= 11 is 6.15. The van der Waals surface area contributed by atoms with Crippen LogP contribution in [-0.2, 0) is 6.54 Å². The van der Waals surface area contributed by atoms with Crippen molar-refractivity contribution in [3.05, 3.63) is 64.3 Å². The first-order chi connectivity index (χ1) is 12.5. The molecule has 134 valence electrons. The molecule has 0 fully saturated rings. The lowest BCUT2D eigenvalue weighted by atomic mass is 10.1. The van der Waals surface area contributed by atoms with Gasteiger partial charge < -0.3 is 15.4 Å². The molecule has 2 N–H and O–H groups in total. The van der Waals surface area contributed by atoms with Gasteiger partial charge in [0.2, 0.25) is 5.95 Å². The zero-order chi connectivity index (χ0) is 18.5. The van der Waals surface area contributed by atoms with Gasteiger partial charge in [-0.2, -0.15) is 10.1 Å². The lowest BCUT2D eigenvalue weighted by Gasteiger charge is -2.13. The maximum Gasteiger partial charge on any atom is 0.244 e. The van der Waals surface area contributed by atoms with Gasteiger partial charge in [-0.3, -0.25) is 0 Å². The van der Waals surface area contributed by atoms with E-state index in [0.29, 0.717) is 29.1 Å². The van der Waals surface area contributed by atoms with Gasteiger partial charge in [0.1, 0.15) is 5.75 Å². The van der Waals surface area contributed by atoms with Crippen molar-refractivity contribution in [1.29, 1.82) is 0 Å². The summed E-state index contributed by atoms with van der Waals surface area (Å²) in [4.78, 5) is 4.44. The number of nitrogens with one attached hydrogen (secondary N) is 2. The molecule has 0 bridgehead atoms. The molecule has 2 aromatic carbocycles. The molecule has 1 heterocycles. The van der Waals surface area contributed by atoms with Gasteiger partial charge in [0.25, 0.3) is 0 Å². The van der Waals surface area contributed by atoms with E-state index >= 15 is 0 Å². The summed E-state index contributed by atoms with van der Waals surface area (Å²) in [6, 6.07) is 12.0. The molecule has 1 aromatic heterocycles. The molecule has 3 aromatic rings. The summed E-state index contributed by atoms with van der Waals surface area (Å²) < 4.78 is 5.37. The number of nitrogens with zero attached hydrogens (tertiary/aromatic N) is 3. The predicted octanol–water partition coefficient (Wildman–Crippen LogP) is 4.51. The second-order valence-electron chi connectivity index (χ2n) is 5.93. The van der Waals surface area contributed by atoms with Gasteiger partial charge in [-0.05, 0) is 31.0 Å². The molecule has 0 saturated heterocycles. The summed E-state index contributed by atoms with van der Waals surface area (Å²) in [5.41, 5.74) is 4.08. The van der Waals surface area contributed by atoms with Crippen molar-refractivity contribution in [3.8, 4) is 5.75 Å². The third-order valence-corrected chi connectivity index (χ3v) is 4.28. The third kappa shape index (κ3) is 4.40. The van der Waals surface area contributed by atoms with Crippen molar-refractivity contribution in [2.24, 2.45) is 0 Å². The predicted molar refractivity (Wildman–Crippen MR) is 104 cm³/mol. The molecular formula is C19H20ClN5O. The second-order valence-corrected chi connectivity index (χ2v) is 6.34. The number of rotatable bonds is 6. The molecule has 0 spiro atoms. The van der Waals surface area contributed by atoms with Gasteiger partial charge >= 0.3 is 0 Å². The Kier molecular flexibility index (Phi) is 5.53. The monoisotopic (exact) mass is 369 g/mol. The average molecular weight is 370 g/mol. The van der Waals surface area contributed by atoms with E-state index in [9.17, 15) is 0 Å². The molecule has 0 unspecified atom stereocenters. The summed E-state index contributed by atoms with van der Waals surface area (Å²) in [7, 11) is 1.60. The van der Waals surface area contributed by atoms with Crippen LogP contribution >= 0.6 is 11.6 Å². The number of anilines is 3. The number of ether oxygens (including phenoxy) is 1. The molecule has 0 aliphatic rings. The Hall–Kier alpha value is -2.86. The molecular weight excluding hydrogens is 350 g/mol. The minimum Gasteiger partial charge on any atom is -0.495 e. The van der Waals surface area contributed by atoms with E-state index in [1.807, 2.05) is 13.0 Å². The average Bonchev–Trinajstić information content (AvgIpc) is 2.64. The van der Waals surface area contributed by atoms with Gasteiger partial charge in [0.05, 0.1) is 19.0 Å². The number of benzene rings is 2. The molecule has 0 atom stereocenters. The fraction of sp³-hybridized carbons (Fsp3) is 0.211. The summed E-state index contributed by atoms with van der Waals surface area (Å²) in [6.45, 7) is 4.61. The van der Waals surface area contributed by atoms with E-state index < -0.39 is 0 Å². The molecule has 26 heavy (non-hydrogen) atoms. The Bertz CT molecular complexity index is 899. The van der Waals surface area contributed by atoms with Crippen LogP contribution < -0.4 is 15.4 Å². The number of aromatic nitrogens is 3. The van der Waals surface area contributed by atoms with Crippen LogP contribution in [0.4, 0.5) is 17.5 Å². The minimum atomic E-state index is 0.445. The number of hydrogen-bond donors (Lipinski definition) is 2. The highest BCUT2D eigenvalue weighted by Crippen LogP contribution is 2.32. The van der Waals surface area contributed by atoms with Crippen LogP contribution in [0.15, 0.2) is 42.6 Å². The normalized spacial score (nSPS) is 10.5. The lowest BCUT2D eigenvalue weighted by Crippen LogP contribution is -2.06. The topological polar surface area (TPSA) is 72.0 Å². The smallest absolute Gasteiger partial charge is 0.244 e. The van der Waals surface area contributed by atoms with Crippen molar-refractivity contribution in [2.75, 3.05) is 17.7 Å². The first-order valence-electron chi connectivity index (χ1n) is 8.15. The van der Waals surface area contributed by atoms with E-state index in [1.165, 1.54) is 5.56 Å². The van der Waals surface area contributed by atoms with Crippen molar-refractivity contribution in [2.45, 2.75) is 20.4 Å². The van der Waals surface area contributed by atoms with Crippen molar-refractivity contribution in [3.63, 3.8) is 0 Å². The minimum absolute atomic E-state index is 0.445. The molecule has 7 heteroatoms. The van der Waals surface area contributed by atoms with Crippen LogP contribution in [0, 0.1) is 13.8 Å². The fourth-order valence-electron chi connectivity index (χ4n) is 2.39. The first-order valence-corrected chi connectivity index (χ1v) is 8.53. The fourth-order valence-corrected chi connectivity index (χ4v) is 2.55. The van der Waals surface area contributed by atoms with Crippen LogP contribution in [0.2, 0.25) is 5.02 Å². The summed E-state index contributed by atoms with van der Waals surface area (Å²) in [5, 5.41) is 15.0. The number of halogens is 1. The van der Waals surface area contributed by atoms with E-state index in [-0.39, 0.29) is 0 Å². The molecule has 0 aliphatic heterocycles. The van der Waals surface area contributed by atoms with Crippen LogP contribution in [0.25, 0.3) is 0 Å². The van der Waals surface area contributed by atoms with Gasteiger partial charge in [-0.15, -0.1) is 5.10 Å². The molecule has 0 radical (unpaired) electrons.